The zero-order valence-corrected chi connectivity index (χ0v) is 26.2. The fourth-order valence-corrected chi connectivity index (χ4v) is 6.14. The van der Waals surface area contributed by atoms with Gasteiger partial charge in [0, 0.05) is 11.1 Å². The highest BCUT2D eigenvalue weighted by molar-refractivity contribution is 6.21. The summed E-state index contributed by atoms with van der Waals surface area (Å²) in [6.07, 6.45) is 0. The van der Waals surface area contributed by atoms with Crippen molar-refractivity contribution in [3.63, 3.8) is 0 Å². The minimum atomic E-state index is -0.00203. The lowest BCUT2D eigenvalue weighted by atomic mass is 9.85. The van der Waals surface area contributed by atoms with Gasteiger partial charge in [-0.15, -0.1) is 0 Å². The van der Waals surface area contributed by atoms with Gasteiger partial charge in [-0.3, -0.25) is 4.79 Å². The standard InChI is InChI=1S/C40H39NO2/c1-26-28(3)40(29(4)27(2)38(26)39(30(5)42)31(6)43-7)41(36-24-16-14-22-34(36)32-18-10-8-11-19-32)37-25-17-15-23-35(37)33-20-12-9-13-21-33/h8-25H,1-7H3/b39-31+. The number of ether oxygens (including phenoxy) is 1. The van der Waals surface area contributed by atoms with Crippen molar-refractivity contribution in [3.05, 3.63) is 143 Å². The van der Waals surface area contributed by atoms with Crippen molar-refractivity contribution in [2.45, 2.75) is 41.5 Å². The van der Waals surface area contributed by atoms with Crippen LogP contribution in [0.1, 0.15) is 41.7 Å². The molecule has 5 aromatic carbocycles. The highest BCUT2D eigenvalue weighted by atomic mass is 16.5. The molecule has 0 spiro atoms. The molecule has 5 rings (SSSR count). The molecular formula is C40H39NO2. The van der Waals surface area contributed by atoms with Crippen LogP contribution in [0.2, 0.25) is 0 Å². The molecule has 0 amide bonds. The largest absolute Gasteiger partial charge is 0.501 e. The van der Waals surface area contributed by atoms with E-state index >= 15 is 0 Å². The molecule has 5 aromatic rings. The Bertz CT molecular complexity index is 1710. The number of Topliss-reactive ketones (excluding diaryl/α,β-unsaturated/α-hetero) is 1. The van der Waals surface area contributed by atoms with Gasteiger partial charge in [-0.1, -0.05) is 97.1 Å². The summed E-state index contributed by atoms with van der Waals surface area (Å²) in [5.41, 5.74) is 13.8. The molecule has 0 radical (unpaired) electrons. The smallest absolute Gasteiger partial charge is 0.163 e. The van der Waals surface area contributed by atoms with Gasteiger partial charge in [0.2, 0.25) is 0 Å². The lowest BCUT2D eigenvalue weighted by molar-refractivity contribution is -0.111. The van der Waals surface area contributed by atoms with Crippen LogP contribution in [-0.4, -0.2) is 12.9 Å². The molecule has 0 aliphatic rings. The number of methoxy groups -OCH3 is 1. The second-order valence-electron chi connectivity index (χ2n) is 11.0. The van der Waals surface area contributed by atoms with Gasteiger partial charge in [0.25, 0.3) is 0 Å². The summed E-state index contributed by atoms with van der Waals surface area (Å²) in [7, 11) is 1.62. The van der Waals surface area contributed by atoms with E-state index in [4.69, 9.17) is 4.74 Å². The number of benzene rings is 5. The van der Waals surface area contributed by atoms with E-state index in [1.807, 2.05) is 6.92 Å². The van der Waals surface area contributed by atoms with Gasteiger partial charge in [0.15, 0.2) is 5.78 Å². The maximum Gasteiger partial charge on any atom is 0.163 e. The minimum absolute atomic E-state index is 0.00203. The predicted octanol–water partition coefficient (Wildman–Crippen LogP) is 10.7. The number of carbonyl (C=O) groups is 1. The molecule has 0 bridgehead atoms. The van der Waals surface area contributed by atoms with Crippen LogP contribution in [0, 0.1) is 27.7 Å². The maximum absolute atomic E-state index is 13.0. The van der Waals surface area contributed by atoms with Crippen LogP contribution in [0.3, 0.4) is 0 Å². The fraction of sp³-hybridized carbons (Fsp3) is 0.175. The Morgan fingerprint density at radius 1 is 0.558 bits per heavy atom. The van der Waals surface area contributed by atoms with Crippen molar-refractivity contribution in [2.24, 2.45) is 0 Å². The number of allylic oxidation sites excluding steroid dienone is 2. The molecular weight excluding hydrogens is 526 g/mol. The minimum Gasteiger partial charge on any atom is -0.501 e. The Kier molecular flexibility index (Phi) is 8.63. The fourth-order valence-electron chi connectivity index (χ4n) is 6.14. The molecule has 0 aliphatic heterocycles. The average molecular weight is 566 g/mol. The summed E-state index contributed by atoms with van der Waals surface area (Å²) < 4.78 is 5.61. The topological polar surface area (TPSA) is 29.5 Å². The van der Waals surface area contributed by atoms with E-state index in [0.29, 0.717) is 11.3 Å². The summed E-state index contributed by atoms with van der Waals surface area (Å²) in [6, 6.07) is 38.3. The van der Waals surface area contributed by atoms with Gasteiger partial charge in [-0.25, -0.2) is 0 Å². The molecule has 0 heterocycles. The Morgan fingerprint density at radius 3 is 1.35 bits per heavy atom. The number of nitrogens with zero attached hydrogens (tertiary/aromatic N) is 1. The van der Waals surface area contributed by atoms with Crippen LogP contribution in [0.4, 0.5) is 17.1 Å². The maximum atomic E-state index is 13.0. The molecule has 0 saturated heterocycles. The molecule has 3 heteroatoms. The zero-order chi connectivity index (χ0) is 30.7. The van der Waals surface area contributed by atoms with E-state index in [-0.39, 0.29) is 5.78 Å². The summed E-state index contributed by atoms with van der Waals surface area (Å²) in [4.78, 5) is 15.4. The molecule has 0 N–H and O–H groups in total. The number of hydrogen-bond acceptors (Lipinski definition) is 3. The predicted molar refractivity (Wildman–Crippen MR) is 181 cm³/mol. The Balaban J connectivity index is 1.90. The van der Waals surface area contributed by atoms with Gasteiger partial charge in [-0.2, -0.15) is 0 Å². The molecule has 0 aromatic heterocycles. The number of rotatable bonds is 8. The first-order valence-corrected chi connectivity index (χ1v) is 14.7. The number of para-hydroxylation sites is 2. The zero-order valence-electron chi connectivity index (χ0n) is 26.2. The van der Waals surface area contributed by atoms with E-state index < -0.39 is 0 Å². The summed E-state index contributed by atoms with van der Waals surface area (Å²) in [5.74, 6) is 0.628. The second kappa shape index (κ2) is 12.5. The molecule has 0 aliphatic carbocycles. The van der Waals surface area contributed by atoms with Crippen LogP contribution >= 0.6 is 0 Å². The molecule has 0 saturated carbocycles. The normalized spacial score (nSPS) is 11.6. The monoisotopic (exact) mass is 565 g/mol. The van der Waals surface area contributed by atoms with Crippen molar-refractivity contribution in [3.8, 4) is 22.3 Å². The quantitative estimate of drug-likeness (QED) is 0.138. The molecule has 0 atom stereocenters. The van der Waals surface area contributed by atoms with Crippen molar-refractivity contribution in [1.82, 2.24) is 0 Å². The van der Waals surface area contributed by atoms with Crippen LogP contribution in [-0.2, 0) is 9.53 Å². The number of carbonyl (C=O) groups excluding carboxylic acids is 1. The van der Waals surface area contributed by atoms with E-state index in [1.54, 1.807) is 14.0 Å². The molecule has 3 nitrogen and oxygen atoms in total. The average Bonchev–Trinajstić information content (AvgIpc) is 3.04. The Labute approximate surface area is 256 Å². The third-order valence-electron chi connectivity index (χ3n) is 8.53. The van der Waals surface area contributed by atoms with E-state index in [9.17, 15) is 4.79 Å². The molecule has 0 fully saturated rings. The van der Waals surface area contributed by atoms with Gasteiger partial charge >= 0.3 is 0 Å². The third-order valence-corrected chi connectivity index (χ3v) is 8.53. The van der Waals surface area contributed by atoms with Gasteiger partial charge in [0.05, 0.1) is 29.7 Å². The van der Waals surface area contributed by atoms with Crippen LogP contribution in [0.5, 0.6) is 0 Å². The first-order valence-electron chi connectivity index (χ1n) is 14.7. The van der Waals surface area contributed by atoms with Crippen LogP contribution in [0.15, 0.2) is 115 Å². The van der Waals surface area contributed by atoms with Gasteiger partial charge in [0.1, 0.15) is 5.76 Å². The summed E-state index contributed by atoms with van der Waals surface area (Å²) in [5, 5.41) is 0. The summed E-state index contributed by atoms with van der Waals surface area (Å²) >= 11 is 0. The van der Waals surface area contributed by atoms with Crippen molar-refractivity contribution in [2.75, 3.05) is 12.0 Å². The number of hydrogen-bond donors (Lipinski definition) is 0. The molecule has 43 heavy (non-hydrogen) atoms. The van der Waals surface area contributed by atoms with Gasteiger partial charge in [-0.05, 0) is 92.6 Å². The van der Waals surface area contributed by atoms with Crippen LogP contribution < -0.4 is 4.90 Å². The van der Waals surface area contributed by atoms with Crippen molar-refractivity contribution in [1.29, 1.82) is 0 Å². The molecule has 0 unspecified atom stereocenters. The third kappa shape index (κ3) is 5.51. The van der Waals surface area contributed by atoms with E-state index in [2.05, 4.69) is 142 Å². The second-order valence-corrected chi connectivity index (χ2v) is 11.0. The lowest BCUT2D eigenvalue weighted by Crippen LogP contribution is -2.18. The first kappa shape index (κ1) is 29.6. The highest BCUT2D eigenvalue weighted by Crippen LogP contribution is 2.49. The molecule has 216 valence electrons. The SMILES string of the molecule is CO/C(C)=C(\C(C)=O)c1c(C)c(C)c(N(c2ccccc2-c2ccccc2)c2ccccc2-c2ccccc2)c(C)c1C. The van der Waals surface area contributed by atoms with Crippen molar-refractivity contribution < 1.29 is 9.53 Å². The number of anilines is 3. The lowest BCUT2D eigenvalue weighted by Gasteiger charge is -2.34. The first-order chi connectivity index (χ1) is 20.8. The van der Waals surface area contributed by atoms with Crippen molar-refractivity contribution >= 4 is 28.4 Å². The highest BCUT2D eigenvalue weighted by Gasteiger charge is 2.28. The Morgan fingerprint density at radius 2 is 0.953 bits per heavy atom. The van der Waals surface area contributed by atoms with E-state index in [1.165, 1.54) is 0 Å². The Hall–Kier alpha value is -4.89. The number of ketones is 1. The van der Waals surface area contributed by atoms with Gasteiger partial charge < -0.3 is 9.64 Å². The summed E-state index contributed by atoms with van der Waals surface area (Å²) in [6.45, 7) is 12.1. The van der Waals surface area contributed by atoms with Crippen LogP contribution in [0.25, 0.3) is 27.8 Å². The van der Waals surface area contributed by atoms with E-state index in [0.717, 1.165) is 67.1 Å².